The van der Waals surface area contributed by atoms with E-state index in [1.54, 1.807) is 6.92 Å². The Bertz CT molecular complexity index is 126. The summed E-state index contributed by atoms with van der Waals surface area (Å²) in [6, 6.07) is -0.227. The second-order valence-corrected chi connectivity index (χ2v) is 2.75. The summed E-state index contributed by atoms with van der Waals surface area (Å²) < 4.78 is 0. The van der Waals surface area contributed by atoms with E-state index in [1.807, 2.05) is 6.92 Å². The smallest absolute Gasteiger partial charge is 0.0688 e. The lowest BCUT2D eigenvalue weighted by Crippen LogP contribution is -2.28. The van der Waals surface area contributed by atoms with E-state index < -0.39 is 0 Å². The highest BCUT2D eigenvalue weighted by Gasteiger charge is 2.11. The number of hydrogen-bond acceptors (Lipinski definition) is 2. The lowest BCUT2D eigenvalue weighted by atomic mass is 9.97. The van der Waals surface area contributed by atoms with Crippen molar-refractivity contribution in [3.8, 4) is 12.3 Å². The van der Waals surface area contributed by atoms with Crippen LogP contribution in [0.5, 0.6) is 0 Å². The van der Waals surface area contributed by atoms with E-state index in [0.717, 1.165) is 0 Å². The van der Waals surface area contributed by atoms with Crippen molar-refractivity contribution in [3.05, 3.63) is 0 Å². The summed E-state index contributed by atoms with van der Waals surface area (Å²) in [7, 11) is 0. The minimum atomic E-state index is -0.311. The van der Waals surface area contributed by atoms with Gasteiger partial charge in [-0.1, -0.05) is 12.8 Å². The predicted octanol–water partition coefficient (Wildman–Crippen LogP) is 0.354. The maximum atomic E-state index is 8.94. The van der Waals surface area contributed by atoms with Gasteiger partial charge >= 0.3 is 0 Å². The van der Waals surface area contributed by atoms with Crippen LogP contribution < -0.4 is 5.73 Å². The average Bonchev–Trinajstić information content (AvgIpc) is 1.85. The fraction of sp³-hybridized carbons (Fsp3) is 0.750. The van der Waals surface area contributed by atoms with Gasteiger partial charge < -0.3 is 10.8 Å². The third-order valence-electron chi connectivity index (χ3n) is 1.52. The fourth-order valence-corrected chi connectivity index (χ4v) is 0.849. The molecule has 0 aromatic rings. The maximum Gasteiger partial charge on any atom is 0.0688 e. The summed E-state index contributed by atoms with van der Waals surface area (Å²) in [4.78, 5) is 0. The summed E-state index contributed by atoms with van der Waals surface area (Å²) in [5, 5.41) is 8.94. The molecular formula is C8H15NO. The van der Waals surface area contributed by atoms with Crippen LogP contribution in [0, 0.1) is 18.3 Å². The van der Waals surface area contributed by atoms with Crippen molar-refractivity contribution in [2.75, 3.05) is 0 Å². The molecule has 3 atom stereocenters. The summed E-state index contributed by atoms with van der Waals surface area (Å²) in [6.07, 6.45) is 5.45. The molecule has 0 rings (SSSR count). The molecule has 0 saturated carbocycles. The Morgan fingerprint density at radius 1 is 1.60 bits per heavy atom. The number of rotatable bonds is 3. The van der Waals surface area contributed by atoms with Gasteiger partial charge in [0, 0.05) is 0 Å². The molecule has 0 fully saturated rings. The monoisotopic (exact) mass is 141 g/mol. The predicted molar refractivity (Wildman–Crippen MR) is 42.3 cm³/mol. The SMILES string of the molecule is C#CC(N)C(C)CC(C)O. The highest BCUT2D eigenvalue weighted by atomic mass is 16.3. The second kappa shape index (κ2) is 4.32. The Morgan fingerprint density at radius 3 is 2.40 bits per heavy atom. The molecule has 10 heavy (non-hydrogen) atoms. The van der Waals surface area contributed by atoms with Gasteiger partial charge in [-0.2, -0.15) is 0 Å². The lowest BCUT2D eigenvalue weighted by molar-refractivity contribution is 0.161. The first-order valence-electron chi connectivity index (χ1n) is 3.47. The second-order valence-electron chi connectivity index (χ2n) is 2.75. The number of hydrogen-bond donors (Lipinski definition) is 2. The topological polar surface area (TPSA) is 46.2 Å². The van der Waals surface area contributed by atoms with E-state index in [9.17, 15) is 0 Å². The average molecular weight is 141 g/mol. The van der Waals surface area contributed by atoms with Gasteiger partial charge in [0.15, 0.2) is 0 Å². The van der Waals surface area contributed by atoms with Crippen LogP contribution in [-0.2, 0) is 0 Å². The molecular weight excluding hydrogens is 126 g/mol. The molecule has 0 saturated heterocycles. The number of nitrogens with two attached hydrogens (primary N) is 1. The van der Waals surface area contributed by atoms with E-state index >= 15 is 0 Å². The normalized spacial score (nSPS) is 19.1. The maximum absolute atomic E-state index is 8.94. The van der Waals surface area contributed by atoms with Crippen molar-refractivity contribution in [2.45, 2.75) is 32.4 Å². The highest BCUT2D eigenvalue weighted by Crippen LogP contribution is 2.07. The van der Waals surface area contributed by atoms with E-state index in [2.05, 4.69) is 5.92 Å². The lowest BCUT2D eigenvalue weighted by Gasteiger charge is -2.15. The standard InChI is InChI=1S/C8H15NO/c1-4-8(9)6(2)5-7(3)10/h1,6-8,10H,5,9H2,2-3H3. The van der Waals surface area contributed by atoms with Gasteiger partial charge in [0.2, 0.25) is 0 Å². The van der Waals surface area contributed by atoms with Crippen molar-refractivity contribution < 1.29 is 5.11 Å². The summed E-state index contributed by atoms with van der Waals surface area (Å²) in [5.74, 6) is 2.64. The molecule has 58 valence electrons. The van der Waals surface area contributed by atoms with Gasteiger partial charge in [-0.05, 0) is 19.3 Å². The van der Waals surface area contributed by atoms with E-state index in [0.29, 0.717) is 6.42 Å². The van der Waals surface area contributed by atoms with E-state index in [-0.39, 0.29) is 18.1 Å². The third kappa shape index (κ3) is 3.49. The highest BCUT2D eigenvalue weighted by molar-refractivity contribution is 4.99. The van der Waals surface area contributed by atoms with E-state index in [4.69, 9.17) is 17.3 Å². The van der Waals surface area contributed by atoms with Crippen LogP contribution in [0.4, 0.5) is 0 Å². The Hall–Kier alpha value is -0.520. The van der Waals surface area contributed by atoms with Gasteiger partial charge in [-0.15, -0.1) is 6.42 Å². The van der Waals surface area contributed by atoms with Crippen LogP contribution in [0.2, 0.25) is 0 Å². The van der Waals surface area contributed by atoms with Gasteiger partial charge in [0.1, 0.15) is 0 Å². The largest absolute Gasteiger partial charge is 0.393 e. The molecule has 3 N–H and O–H groups in total. The van der Waals surface area contributed by atoms with Crippen molar-refractivity contribution in [1.29, 1.82) is 0 Å². The zero-order chi connectivity index (χ0) is 8.15. The van der Waals surface area contributed by atoms with Crippen LogP contribution in [0.1, 0.15) is 20.3 Å². The first-order chi connectivity index (χ1) is 4.57. The Kier molecular flexibility index (Phi) is 4.10. The summed E-state index contributed by atoms with van der Waals surface area (Å²) in [5.41, 5.74) is 5.52. The molecule has 2 heteroatoms. The van der Waals surface area contributed by atoms with Crippen LogP contribution in [-0.4, -0.2) is 17.3 Å². The van der Waals surface area contributed by atoms with Crippen molar-refractivity contribution in [1.82, 2.24) is 0 Å². The van der Waals surface area contributed by atoms with Gasteiger partial charge in [0.25, 0.3) is 0 Å². The Morgan fingerprint density at radius 2 is 2.10 bits per heavy atom. The molecule has 0 radical (unpaired) electrons. The zero-order valence-corrected chi connectivity index (χ0v) is 6.54. The molecule has 2 nitrogen and oxygen atoms in total. The molecule has 3 unspecified atom stereocenters. The number of aliphatic hydroxyl groups is 1. The molecule has 0 aromatic heterocycles. The fourth-order valence-electron chi connectivity index (χ4n) is 0.849. The minimum Gasteiger partial charge on any atom is -0.393 e. The molecule has 0 aliphatic carbocycles. The molecule has 0 bridgehead atoms. The molecule has 0 amide bonds. The molecule has 0 aromatic carbocycles. The van der Waals surface area contributed by atoms with Crippen LogP contribution in [0.15, 0.2) is 0 Å². The number of terminal acetylenes is 1. The Labute approximate surface area is 62.4 Å². The van der Waals surface area contributed by atoms with Crippen LogP contribution in [0.25, 0.3) is 0 Å². The van der Waals surface area contributed by atoms with Gasteiger partial charge in [-0.3, -0.25) is 0 Å². The first-order valence-corrected chi connectivity index (χ1v) is 3.47. The van der Waals surface area contributed by atoms with E-state index in [1.165, 1.54) is 0 Å². The molecule has 0 spiro atoms. The molecule has 0 heterocycles. The van der Waals surface area contributed by atoms with Crippen LogP contribution in [0.3, 0.4) is 0 Å². The Balaban J connectivity index is 3.64. The summed E-state index contributed by atoms with van der Waals surface area (Å²) >= 11 is 0. The van der Waals surface area contributed by atoms with Gasteiger partial charge in [-0.25, -0.2) is 0 Å². The van der Waals surface area contributed by atoms with Gasteiger partial charge in [0.05, 0.1) is 12.1 Å². The van der Waals surface area contributed by atoms with Crippen molar-refractivity contribution >= 4 is 0 Å². The number of aliphatic hydroxyl groups excluding tert-OH is 1. The van der Waals surface area contributed by atoms with Crippen LogP contribution >= 0.6 is 0 Å². The third-order valence-corrected chi connectivity index (χ3v) is 1.52. The first kappa shape index (κ1) is 9.48. The summed E-state index contributed by atoms with van der Waals surface area (Å²) in [6.45, 7) is 3.68. The minimum absolute atomic E-state index is 0.199. The van der Waals surface area contributed by atoms with Crippen molar-refractivity contribution in [3.63, 3.8) is 0 Å². The van der Waals surface area contributed by atoms with Crippen molar-refractivity contribution in [2.24, 2.45) is 11.7 Å². The molecule has 0 aliphatic heterocycles. The molecule has 0 aliphatic rings. The quantitative estimate of drug-likeness (QED) is 0.557. The zero-order valence-electron chi connectivity index (χ0n) is 6.54.